The molecule has 0 spiro atoms. The maximum Gasteiger partial charge on any atom is 0.257 e. The van der Waals surface area contributed by atoms with Crippen LogP contribution in [0.15, 0.2) is 6.20 Å². The van der Waals surface area contributed by atoms with E-state index < -0.39 is 0 Å². The molecule has 0 saturated carbocycles. The highest BCUT2D eigenvalue weighted by atomic mass is 16.5. The van der Waals surface area contributed by atoms with Crippen molar-refractivity contribution in [1.29, 1.82) is 0 Å². The van der Waals surface area contributed by atoms with Crippen molar-refractivity contribution in [2.75, 3.05) is 52.5 Å². The highest BCUT2D eigenvalue weighted by Crippen LogP contribution is 2.20. The Morgan fingerprint density at radius 2 is 2.04 bits per heavy atom. The first kappa shape index (κ1) is 20.8. The Balaban J connectivity index is 1.57. The SMILES string of the molecule is CC(=O)N(CCCN1CCOCC1)C1CCCN(C(=O)c2cn(C)nc2C)C1. The van der Waals surface area contributed by atoms with E-state index in [-0.39, 0.29) is 17.9 Å². The summed E-state index contributed by atoms with van der Waals surface area (Å²) >= 11 is 0. The van der Waals surface area contributed by atoms with E-state index in [9.17, 15) is 9.59 Å². The number of aryl methyl sites for hydroxylation is 2. The summed E-state index contributed by atoms with van der Waals surface area (Å²) < 4.78 is 7.07. The van der Waals surface area contributed by atoms with Gasteiger partial charge >= 0.3 is 0 Å². The first-order valence-corrected chi connectivity index (χ1v) is 10.3. The lowest BCUT2D eigenvalue weighted by Crippen LogP contribution is -2.52. The number of aromatic nitrogens is 2. The van der Waals surface area contributed by atoms with Gasteiger partial charge in [-0.3, -0.25) is 19.2 Å². The second-order valence-electron chi connectivity index (χ2n) is 7.87. The third-order valence-electron chi connectivity index (χ3n) is 5.75. The van der Waals surface area contributed by atoms with Gasteiger partial charge in [0, 0.05) is 65.5 Å². The zero-order valence-electron chi connectivity index (χ0n) is 17.4. The predicted octanol–water partition coefficient (Wildman–Crippen LogP) is 0.904. The van der Waals surface area contributed by atoms with Crippen LogP contribution in [0.2, 0.25) is 0 Å². The molecule has 1 aromatic heterocycles. The second-order valence-corrected chi connectivity index (χ2v) is 7.87. The molecule has 0 aliphatic carbocycles. The number of amides is 2. The summed E-state index contributed by atoms with van der Waals surface area (Å²) in [7, 11) is 1.83. The van der Waals surface area contributed by atoms with Crippen molar-refractivity contribution in [1.82, 2.24) is 24.5 Å². The smallest absolute Gasteiger partial charge is 0.257 e. The van der Waals surface area contributed by atoms with E-state index in [4.69, 9.17) is 4.74 Å². The molecule has 0 N–H and O–H groups in total. The molecule has 3 rings (SSSR count). The summed E-state index contributed by atoms with van der Waals surface area (Å²) in [5.41, 5.74) is 1.41. The molecule has 1 atom stereocenters. The first-order chi connectivity index (χ1) is 13.5. The predicted molar refractivity (Wildman–Crippen MR) is 106 cm³/mol. The number of piperidine rings is 1. The van der Waals surface area contributed by atoms with Gasteiger partial charge in [-0.15, -0.1) is 0 Å². The summed E-state index contributed by atoms with van der Waals surface area (Å²) in [6, 6.07) is 0.0943. The quantitative estimate of drug-likeness (QED) is 0.721. The Morgan fingerprint density at radius 3 is 2.68 bits per heavy atom. The van der Waals surface area contributed by atoms with Crippen LogP contribution in [-0.4, -0.2) is 94.8 Å². The zero-order chi connectivity index (χ0) is 20.1. The molecule has 8 heteroatoms. The van der Waals surface area contributed by atoms with E-state index in [0.29, 0.717) is 12.1 Å². The highest BCUT2D eigenvalue weighted by Gasteiger charge is 2.30. The Labute approximate surface area is 167 Å². The van der Waals surface area contributed by atoms with Crippen molar-refractivity contribution >= 4 is 11.8 Å². The average Bonchev–Trinajstić information content (AvgIpc) is 3.03. The third kappa shape index (κ3) is 5.11. The van der Waals surface area contributed by atoms with E-state index in [0.717, 1.165) is 70.9 Å². The fourth-order valence-corrected chi connectivity index (χ4v) is 4.26. The largest absolute Gasteiger partial charge is 0.379 e. The number of rotatable bonds is 6. The maximum atomic E-state index is 12.9. The molecule has 28 heavy (non-hydrogen) atoms. The minimum Gasteiger partial charge on any atom is -0.379 e. The summed E-state index contributed by atoms with van der Waals surface area (Å²) in [6.07, 6.45) is 4.61. The Kier molecular flexibility index (Phi) is 7.07. The molecule has 2 aliphatic rings. The van der Waals surface area contributed by atoms with E-state index in [1.165, 1.54) is 0 Å². The molecule has 1 unspecified atom stereocenters. The summed E-state index contributed by atoms with van der Waals surface area (Å²) in [4.78, 5) is 31.5. The van der Waals surface area contributed by atoms with Crippen LogP contribution in [0.4, 0.5) is 0 Å². The minimum absolute atomic E-state index is 0.0205. The van der Waals surface area contributed by atoms with Crippen LogP contribution in [0.25, 0.3) is 0 Å². The van der Waals surface area contributed by atoms with Crippen molar-refractivity contribution in [2.24, 2.45) is 7.05 Å². The molecule has 2 aliphatic heterocycles. The van der Waals surface area contributed by atoms with Gasteiger partial charge in [0.2, 0.25) is 5.91 Å². The topological polar surface area (TPSA) is 70.9 Å². The number of likely N-dealkylation sites (tertiary alicyclic amines) is 1. The summed E-state index contributed by atoms with van der Waals surface area (Å²) in [5, 5.41) is 4.29. The van der Waals surface area contributed by atoms with Crippen LogP contribution in [0.5, 0.6) is 0 Å². The van der Waals surface area contributed by atoms with Crippen molar-refractivity contribution in [3.05, 3.63) is 17.5 Å². The number of carbonyl (C=O) groups is 2. The molecular weight excluding hydrogens is 358 g/mol. The molecular formula is C20H33N5O3. The van der Waals surface area contributed by atoms with E-state index in [1.807, 2.05) is 23.8 Å². The number of morpholine rings is 1. The zero-order valence-corrected chi connectivity index (χ0v) is 17.4. The van der Waals surface area contributed by atoms with Crippen LogP contribution >= 0.6 is 0 Å². The van der Waals surface area contributed by atoms with Gasteiger partial charge < -0.3 is 14.5 Å². The number of carbonyl (C=O) groups excluding carboxylic acids is 2. The molecule has 3 heterocycles. The monoisotopic (exact) mass is 391 g/mol. The van der Waals surface area contributed by atoms with Crippen LogP contribution < -0.4 is 0 Å². The fraction of sp³-hybridized carbons (Fsp3) is 0.750. The number of ether oxygens (including phenoxy) is 1. The number of hydrogen-bond donors (Lipinski definition) is 0. The van der Waals surface area contributed by atoms with Gasteiger partial charge in [-0.1, -0.05) is 0 Å². The lowest BCUT2D eigenvalue weighted by Gasteiger charge is -2.39. The Morgan fingerprint density at radius 1 is 1.29 bits per heavy atom. The maximum absolute atomic E-state index is 12.9. The lowest BCUT2D eigenvalue weighted by atomic mass is 10.0. The van der Waals surface area contributed by atoms with Gasteiger partial charge in [0.05, 0.1) is 24.5 Å². The normalized spacial score (nSPS) is 21.0. The van der Waals surface area contributed by atoms with Crippen molar-refractivity contribution in [3.8, 4) is 0 Å². The molecule has 1 aromatic rings. The van der Waals surface area contributed by atoms with Crippen molar-refractivity contribution < 1.29 is 14.3 Å². The van der Waals surface area contributed by atoms with Gasteiger partial charge in [0.25, 0.3) is 5.91 Å². The molecule has 2 fully saturated rings. The molecule has 0 radical (unpaired) electrons. The van der Waals surface area contributed by atoms with Crippen LogP contribution in [0.1, 0.15) is 42.2 Å². The van der Waals surface area contributed by atoms with Crippen molar-refractivity contribution in [3.63, 3.8) is 0 Å². The highest BCUT2D eigenvalue weighted by molar-refractivity contribution is 5.95. The molecule has 2 saturated heterocycles. The minimum atomic E-state index is 0.0205. The number of hydrogen-bond acceptors (Lipinski definition) is 5. The molecule has 8 nitrogen and oxygen atoms in total. The van der Waals surface area contributed by atoms with E-state index >= 15 is 0 Å². The number of nitrogens with zero attached hydrogens (tertiary/aromatic N) is 5. The lowest BCUT2D eigenvalue weighted by molar-refractivity contribution is -0.132. The van der Waals surface area contributed by atoms with Crippen LogP contribution in [0.3, 0.4) is 0 Å². The van der Waals surface area contributed by atoms with Crippen LogP contribution in [0, 0.1) is 6.92 Å². The van der Waals surface area contributed by atoms with Gasteiger partial charge in [-0.25, -0.2) is 0 Å². The van der Waals surface area contributed by atoms with Gasteiger partial charge in [0.15, 0.2) is 0 Å². The van der Waals surface area contributed by atoms with Crippen molar-refractivity contribution in [2.45, 2.75) is 39.2 Å². The Hall–Kier alpha value is -1.93. The van der Waals surface area contributed by atoms with E-state index in [1.54, 1.807) is 17.8 Å². The first-order valence-electron chi connectivity index (χ1n) is 10.3. The van der Waals surface area contributed by atoms with Gasteiger partial charge in [-0.05, 0) is 26.2 Å². The van der Waals surface area contributed by atoms with Crippen LogP contribution in [-0.2, 0) is 16.6 Å². The summed E-state index contributed by atoms with van der Waals surface area (Å²) in [5.74, 6) is 0.117. The third-order valence-corrected chi connectivity index (χ3v) is 5.75. The second kappa shape index (κ2) is 9.52. The van der Waals surface area contributed by atoms with Gasteiger partial charge in [0.1, 0.15) is 0 Å². The molecule has 0 bridgehead atoms. The summed E-state index contributed by atoms with van der Waals surface area (Å²) in [6.45, 7) is 10.1. The molecule has 2 amide bonds. The molecule has 0 aromatic carbocycles. The molecule has 156 valence electrons. The Bertz CT molecular complexity index is 683. The standard InChI is InChI=1S/C20H33N5O3/c1-16-19(15-22(3)21-16)20(27)24-8-4-6-18(14-24)25(17(2)26)9-5-7-23-10-12-28-13-11-23/h15,18H,4-14H2,1-3H3. The van der Waals surface area contributed by atoms with Gasteiger partial charge in [-0.2, -0.15) is 5.10 Å². The fourth-order valence-electron chi connectivity index (χ4n) is 4.26. The average molecular weight is 392 g/mol. The van der Waals surface area contributed by atoms with E-state index in [2.05, 4.69) is 10.00 Å².